The first-order valence-corrected chi connectivity index (χ1v) is 6.72. The maximum absolute atomic E-state index is 12.0. The van der Waals surface area contributed by atoms with E-state index in [1.807, 2.05) is 0 Å². The largest absolute Gasteiger partial charge is 0.462 e. The standard InChI is InChI=1S/C14H21NO5/c1-5-9(16)12-10(13(17)19-6-2)8(4)11(15-12)14(18)20-7-3/h9,15-16H,5-7H2,1-4H3. The zero-order valence-corrected chi connectivity index (χ0v) is 12.3. The Balaban J connectivity index is 3.31. The van der Waals surface area contributed by atoms with E-state index in [1.54, 1.807) is 27.7 Å². The van der Waals surface area contributed by atoms with Crippen molar-refractivity contribution in [2.75, 3.05) is 13.2 Å². The number of rotatable bonds is 6. The highest BCUT2D eigenvalue weighted by Gasteiger charge is 2.28. The Morgan fingerprint density at radius 2 is 1.70 bits per heavy atom. The van der Waals surface area contributed by atoms with Crippen molar-refractivity contribution in [3.63, 3.8) is 0 Å². The van der Waals surface area contributed by atoms with Gasteiger partial charge >= 0.3 is 11.9 Å². The van der Waals surface area contributed by atoms with Gasteiger partial charge in [0.1, 0.15) is 5.69 Å². The van der Waals surface area contributed by atoms with E-state index in [9.17, 15) is 14.7 Å². The quantitative estimate of drug-likeness (QED) is 0.781. The Morgan fingerprint density at radius 3 is 2.20 bits per heavy atom. The third-order valence-electron chi connectivity index (χ3n) is 2.96. The van der Waals surface area contributed by atoms with Gasteiger partial charge in [0.05, 0.1) is 30.6 Å². The van der Waals surface area contributed by atoms with Crippen molar-refractivity contribution in [1.82, 2.24) is 4.98 Å². The number of nitrogens with one attached hydrogen (secondary N) is 1. The van der Waals surface area contributed by atoms with Crippen LogP contribution in [0.3, 0.4) is 0 Å². The number of hydrogen-bond acceptors (Lipinski definition) is 5. The fourth-order valence-electron chi connectivity index (χ4n) is 1.95. The predicted octanol–water partition coefficient (Wildman–Crippen LogP) is 2.12. The molecule has 0 saturated carbocycles. The number of hydrogen-bond donors (Lipinski definition) is 2. The van der Waals surface area contributed by atoms with E-state index in [1.165, 1.54) is 0 Å². The summed E-state index contributed by atoms with van der Waals surface area (Å²) in [6.07, 6.45) is -0.453. The fraction of sp³-hybridized carbons (Fsp3) is 0.571. The Morgan fingerprint density at radius 1 is 1.15 bits per heavy atom. The number of aromatic amines is 1. The van der Waals surface area contributed by atoms with Crippen molar-refractivity contribution in [3.8, 4) is 0 Å². The average Bonchev–Trinajstić information content (AvgIpc) is 2.76. The molecular weight excluding hydrogens is 262 g/mol. The third-order valence-corrected chi connectivity index (χ3v) is 2.96. The molecule has 1 heterocycles. The molecule has 0 spiro atoms. The minimum absolute atomic E-state index is 0.178. The Kier molecular flexibility index (Phi) is 5.76. The molecule has 6 nitrogen and oxygen atoms in total. The average molecular weight is 283 g/mol. The summed E-state index contributed by atoms with van der Waals surface area (Å²) in [5.74, 6) is -1.11. The van der Waals surface area contributed by atoms with Gasteiger partial charge in [0.15, 0.2) is 0 Å². The van der Waals surface area contributed by atoms with Crippen LogP contribution in [0.25, 0.3) is 0 Å². The summed E-state index contributed by atoms with van der Waals surface area (Å²) < 4.78 is 9.90. The predicted molar refractivity (Wildman–Crippen MR) is 72.7 cm³/mol. The highest BCUT2D eigenvalue weighted by Crippen LogP contribution is 2.27. The van der Waals surface area contributed by atoms with Crippen LogP contribution in [-0.2, 0) is 9.47 Å². The first kappa shape index (κ1) is 16.2. The number of aromatic nitrogens is 1. The summed E-state index contributed by atoms with van der Waals surface area (Å²) in [4.78, 5) is 26.6. The zero-order chi connectivity index (χ0) is 15.3. The lowest BCUT2D eigenvalue weighted by atomic mass is 10.1. The van der Waals surface area contributed by atoms with E-state index in [-0.39, 0.29) is 24.5 Å². The van der Waals surface area contributed by atoms with Gasteiger partial charge in [0, 0.05) is 0 Å². The molecule has 0 amide bonds. The lowest BCUT2D eigenvalue weighted by Crippen LogP contribution is -2.10. The highest BCUT2D eigenvalue weighted by molar-refractivity contribution is 5.98. The van der Waals surface area contributed by atoms with Gasteiger partial charge in [0.2, 0.25) is 0 Å². The monoisotopic (exact) mass is 283 g/mol. The minimum Gasteiger partial charge on any atom is -0.462 e. The number of carbonyl (C=O) groups is 2. The maximum atomic E-state index is 12.0. The van der Waals surface area contributed by atoms with E-state index in [4.69, 9.17) is 9.47 Å². The maximum Gasteiger partial charge on any atom is 0.355 e. The van der Waals surface area contributed by atoms with Crippen LogP contribution in [0, 0.1) is 6.92 Å². The van der Waals surface area contributed by atoms with Crippen molar-refractivity contribution >= 4 is 11.9 Å². The molecule has 1 atom stereocenters. The van der Waals surface area contributed by atoms with Gasteiger partial charge in [-0.2, -0.15) is 0 Å². The Bertz CT molecular complexity index is 492. The van der Waals surface area contributed by atoms with Gasteiger partial charge < -0.3 is 19.6 Å². The topological polar surface area (TPSA) is 88.6 Å². The molecule has 6 heteroatoms. The first-order chi connectivity index (χ1) is 9.47. The van der Waals surface area contributed by atoms with Crippen molar-refractivity contribution in [3.05, 3.63) is 22.5 Å². The van der Waals surface area contributed by atoms with Crippen molar-refractivity contribution in [1.29, 1.82) is 0 Å². The zero-order valence-electron chi connectivity index (χ0n) is 12.3. The van der Waals surface area contributed by atoms with Crippen LogP contribution >= 0.6 is 0 Å². The van der Waals surface area contributed by atoms with Gasteiger partial charge in [-0.25, -0.2) is 9.59 Å². The van der Waals surface area contributed by atoms with Gasteiger partial charge in [-0.1, -0.05) is 6.92 Å². The molecule has 1 unspecified atom stereocenters. The van der Waals surface area contributed by atoms with E-state index in [0.29, 0.717) is 17.7 Å². The van der Waals surface area contributed by atoms with Crippen molar-refractivity contribution in [2.24, 2.45) is 0 Å². The van der Waals surface area contributed by atoms with Crippen molar-refractivity contribution in [2.45, 2.75) is 40.2 Å². The van der Waals surface area contributed by atoms with Crippen LogP contribution in [0.5, 0.6) is 0 Å². The minimum atomic E-state index is -0.865. The van der Waals surface area contributed by atoms with E-state index >= 15 is 0 Å². The third kappa shape index (κ3) is 3.19. The fourth-order valence-corrected chi connectivity index (χ4v) is 1.95. The SMILES string of the molecule is CCOC(=O)c1[nH]c(C(O)CC)c(C(=O)OCC)c1C. The second-order valence-electron chi connectivity index (χ2n) is 4.28. The summed E-state index contributed by atoms with van der Waals surface area (Å²) >= 11 is 0. The number of carbonyl (C=O) groups excluding carboxylic acids is 2. The molecule has 1 rings (SSSR count). The van der Waals surface area contributed by atoms with E-state index in [2.05, 4.69) is 4.98 Å². The van der Waals surface area contributed by atoms with Gasteiger partial charge in [-0.05, 0) is 32.8 Å². The number of aliphatic hydroxyl groups excluding tert-OH is 1. The lowest BCUT2D eigenvalue weighted by Gasteiger charge is -2.09. The molecular formula is C14H21NO5. The van der Waals surface area contributed by atoms with Crippen LogP contribution in [0.15, 0.2) is 0 Å². The molecule has 1 aromatic rings. The Labute approximate surface area is 118 Å². The summed E-state index contributed by atoms with van der Waals surface area (Å²) in [5.41, 5.74) is 1.12. The molecule has 0 bridgehead atoms. The van der Waals surface area contributed by atoms with Gasteiger partial charge in [-0.3, -0.25) is 0 Å². The molecule has 112 valence electrons. The molecule has 0 aliphatic rings. The summed E-state index contributed by atoms with van der Waals surface area (Å²) in [6.45, 7) is 7.25. The van der Waals surface area contributed by atoms with E-state index in [0.717, 1.165) is 0 Å². The molecule has 20 heavy (non-hydrogen) atoms. The summed E-state index contributed by atoms with van der Waals surface area (Å²) in [7, 11) is 0. The molecule has 0 saturated heterocycles. The van der Waals surface area contributed by atoms with Crippen LogP contribution in [0.2, 0.25) is 0 Å². The smallest absolute Gasteiger partial charge is 0.355 e. The summed E-state index contributed by atoms with van der Waals surface area (Å²) in [6, 6.07) is 0. The first-order valence-electron chi connectivity index (χ1n) is 6.72. The lowest BCUT2D eigenvalue weighted by molar-refractivity contribution is 0.0513. The number of esters is 2. The molecule has 2 N–H and O–H groups in total. The van der Waals surface area contributed by atoms with Crippen LogP contribution in [0.1, 0.15) is 65.4 Å². The normalized spacial score (nSPS) is 12.1. The second kappa shape index (κ2) is 7.09. The van der Waals surface area contributed by atoms with Crippen molar-refractivity contribution < 1.29 is 24.2 Å². The Hall–Kier alpha value is -1.82. The summed E-state index contributed by atoms with van der Waals surface area (Å²) in [5, 5.41) is 9.99. The molecule has 0 fully saturated rings. The van der Waals surface area contributed by atoms with Gasteiger partial charge in [0.25, 0.3) is 0 Å². The highest BCUT2D eigenvalue weighted by atomic mass is 16.5. The van der Waals surface area contributed by atoms with Crippen LogP contribution in [0.4, 0.5) is 0 Å². The van der Waals surface area contributed by atoms with Crippen LogP contribution in [-0.4, -0.2) is 35.2 Å². The van der Waals surface area contributed by atoms with Gasteiger partial charge in [-0.15, -0.1) is 0 Å². The van der Waals surface area contributed by atoms with Crippen LogP contribution < -0.4 is 0 Å². The number of aliphatic hydroxyl groups is 1. The number of ether oxygens (including phenoxy) is 2. The molecule has 1 aromatic heterocycles. The molecule has 0 aromatic carbocycles. The second-order valence-corrected chi connectivity index (χ2v) is 4.28. The molecule has 0 radical (unpaired) electrons. The molecule has 0 aliphatic heterocycles. The van der Waals surface area contributed by atoms with E-state index < -0.39 is 18.0 Å². The molecule has 0 aliphatic carbocycles. The number of H-pyrrole nitrogens is 1.